The first kappa shape index (κ1) is 17.7. The third-order valence-corrected chi connectivity index (χ3v) is 4.37. The van der Waals surface area contributed by atoms with Crippen LogP contribution in [0, 0.1) is 5.82 Å². The fraction of sp³-hybridized carbons (Fsp3) is 0.200. The fourth-order valence-corrected chi connectivity index (χ4v) is 3.14. The largest absolute Gasteiger partial charge is 0.503 e. The molecule has 1 heterocycles. The summed E-state index contributed by atoms with van der Waals surface area (Å²) >= 11 is 0. The fourth-order valence-electron chi connectivity index (χ4n) is 3.14. The van der Waals surface area contributed by atoms with Gasteiger partial charge in [-0.1, -0.05) is 25.1 Å². The molecule has 0 spiro atoms. The number of carbonyl (C=O) groups is 2. The Morgan fingerprint density at radius 2 is 1.85 bits per heavy atom. The molecule has 5 nitrogen and oxygen atoms in total. The van der Waals surface area contributed by atoms with Crippen molar-refractivity contribution in [2.24, 2.45) is 0 Å². The number of halogens is 1. The molecule has 0 bridgehead atoms. The Labute approximate surface area is 150 Å². The molecule has 134 valence electrons. The quantitative estimate of drug-likeness (QED) is 0.888. The Morgan fingerprint density at radius 1 is 1.19 bits per heavy atom. The highest BCUT2D eigenvalue weighted by Gasteiger charge is 2.44. The molecule has 2 aromatic rings. The summed E-state index contributed by atoms with van der Waals surface area (Å²) < 4.78 is 18.7. The topological polar surface area (TPSA) is 66.8 Å². The molecule has 1 amide bonds. The molecular formula is C20H18FNO4. The number of carbonyl (C=O) groups excluding carboxylic acids is 2. The number of amides is 1. The number of anilines is 1. The Hall–Kier alpha value is -3.15. The van der Waals surface area contributed by atoms with E-state index in [9.17, 15) is 19.1 Å². The molecule has 6 heteroatoms. The average molecular weight is 355 g/mol. The molecule has 1 aliphatic heterocycles. The van der Waals surface area contributed by atoms with E-state index in [-0.39, 0.29) is 17.8 Å². The van der Waals surface area contributed by atoms with Gasteiger partial charge in [-0.2, -0.15) is 0 Å². The van der Waals surface area contributed by atoms with Crippen molar-refractivity contribution in [2.45, 2.75) is 19.4 Å². The first-order valence-electron chi connectivity index (χ1n) is 8.18. The second-order valence-electron chi connectivity index (χ2n) is 5.84. The van der Waals surface area contributed by atoms with Crippen LogP contribution >= 0.6 is 0 Å². The number of methoxy groups -OCH3 is 1. The van der Waals surface area contributed by atoms with Crippen LogP contribution in [0.25, 0.3) is 0 Å². The molecule has 0 radical (unpaired) electrons. The van der Waals surface area contributed by atoms with Crippen molar-refractivity contribution in [1.29, 1.82) is 0 Å². The van der Waals surface area contributed by atoms with E-state index < -0.39 is 23.5 Å². The van der Waals surface area contributed by atoms with Crippen molar-refractivity contribution in [2.75, 3.05) is 12.0 Å². The zero-order chi connectivity index (χ0) is 18.8. The van der Waals surface area contributed by atoms with Crippen molar-refractivity contribution in [3.63, 3.8) is 0 Å². The number of nitrogens with zero attached hydrogens (tertiary/aromatic N) is 1. The summed E-state index contributed by atoms with van der Waals surface area (Å²) in [5, 5.41) is 10.4. The number of para-hydroxylation sites is 1. The maximum Gasteiger partial charge on any atom is 0.294 e. The lowest BCUT2D eigenvalue weighted by molar-refractivity contribution is -0.118. The van der Waals surface area contributed by atoms with Crippen LogP contribution in [-0.4, -0.2) is 23.9 Å². The van der Waals surface area contributed by atoms with E-state index in [0.29, 0.717) is 17.0 Å². The first-order chi connectivity index (χ1) is 12.5. The average Bonchev–Trinajstić information content (AvgIpc) is 2.93. The van der Waals surface area contributed by atoms with Gasteiger partial charge in [0.05, 0.1) is 18.7 Å². The predicted octanol–water partition coefficient (Wildman–Crippen LogP) is 3.71. The molecule has 3 rings (SSSR count). The molecule has 0 aliphatic carbocycles. The number of benzene rings is 2. The van der Waals surface area contributed by atoms with Gasteiger partial charge in [-0.25, -0.2) is 4.39 Å². The molecule has 1 N–H and O–H groups in total. The molecule has 0 saturated carbocycles. The van der Waals surface area contributed by atoms with E-state index in [4.69, 9.17) is 4.74 Å². The minimum Gasteiger partial charge on any atom is -0.503 e. The lowest BCUT2D eigenvalue weighted by atomic mass is 9.94. The van der Waals surface area contributed by atoms with E-state index in [1.54, 1.807) is 31.2 Å². The van der Waals surface area contributed by atoms with Crippen molar-refractivity contribution in [3.8, 4) is 5.75 Å². The molecule has 1 unspecified atom stereocenters. The second-order valence-corrected chi connectivity index (χ2v) is 5.84. The van der Waals surface area contributed by atoms with Crippen LogP contribution in [0.1, 0.15) is 24.9 Å². The summed E-state index contributed by atoms with van der Waals surface area (Å²) in [6.07, 6.45) is 0.135. The molecule has 1 aliphatic rings. The van der Waals surface area contributed by atoms with Gasteiger partial charge in [-0.15, -0.1) is 0 Å². The van der Waals surface area contributed by atoms with Crippen molar-refractivity contribution in [3.05, 3.63) is 71.2 Å². The lowest BCUT2D eigenvalue weighted by Gasteiger charge is -2.28. The number of aliphatic hydroxyl groups excluding tert-OH is 1. The minimum atomic E-state index is -0.850. The zero-order valence-electron chi connectivity index (χ0n) is 14.4. The van der Waals surface area contributed by atoms with E-state index in [0.717, 1.165) is 0 Å². The Kier molecular flexibility index (Phi) is 4.75. The molecule has 0 saturated heterocycles. The highest BCUT2D eigenvalue weighted by molar-refractivity contribution is 6.16. The van der Waals surface area contributed by atoms with Gasteiger partial charge in [0.25, 0.3) is 5.91 Å². The smallest absolute Gasteiger partial charge is 0.294 e. The maximum atomic E-state index is 13.3. The summed E-state index contributed by atoms with van der Waals surface area (Å²) in [5.74, 6) is -1.59. The third-order valence-electron chi connectivity index (χ3n) is 4.37. The van der Waals surface area contributed by atoms with Crippen LogP contribution in [0.5, 0.6) is 5.75 Å². The highest BCUT2D eigenvalue weighted by Crippen LogP contribution is 2.44. The van der Waals surface area contributed by atoms with Crippen LogP contribution in [0.15, 0.2) is 59.9 Å². The number of aliphatic hydroxyl groups is 1. The summed E-state index contributed by atoms with van der Waals surface area (Å²) in [6.45, 7) is 1.66. The van der Waals surface area contributed by atoms with E-state index >= 15 is 0 Å². The molecule has 0 fully saturated rings. The van der Waals surface area contributed by atoms with Crippen molar-refractivity contribution in [1.82, 2.24) is 0 Å². The number of hydrogen-bond donors (Lipinski definition) is 1. The Morgan fingerprint density at radius 3 is 2.46 bits per heavy atom. The maximum absolute atomic E-state index is 13.3. The summed E-state index contributed by atoms with van der Waals surface area (Å²) in [5.41, 5.74) is 0.956. The van der Waals surface area contributed by atoms with Crippen molar-refractivity contribution < 1.29 is 23.8 Å². The third kappa shape index (κ3) is 2.83. The number of rotatable bonds is 5. The van der Waals surface area contributed by atoms with Gasteiger partial charge in [-0.05, 0) is 30.3 Å². The lowest BCUT2D eigenvalue weighted by Crippen LogP contribution is -2.31. The molecule has 2 aromatic carbocycles. The number of Topliss-reactive ketones (excluding diaryl/α,β-unsaturated/α-hetero) is 1. The molecular weight excluding hydrogens is 337 g/mol. The molecule has 0 aromatic heterocycles. The summed E-state index contributed by atoms with van der Waals surface area (Å²) in [6, 6.07) is 11.4. The van der Waals surface area contributed by atoms with E-state index in [1.165, 1.54) is 36.3 Å². The SMILES string of the molecule is CCC(=O)C1=C(O)C(=O)N(c2ccc(F)cc2)C1c1ccccc1OC. The van der Waals surface area contributed by atoms with Gasteiger partial charge in [0.2, 0.25) is 0 Å². The van der Waals surface area contributed by atoms with Crippen LogP contribution in [0.3, 0.4) is 0 Å². The monoisotopic (exact) mass is 355 g/mol. The first-order valence-corrected chi connectivity index (χ1v) is 8.18. The summed E-state index contributed by atoms with van der Waals surface area (Å²) in [4.78, 5) is 26.5. The zero-order valence-corrected chi connectivity index (χ0v) is 14.4. The molecule has 1 atom stereocenters. The van der Waals surface area contributed by atoms with Crippen LogP contribution in [0.2, 0.25) is 0 Å². The Balaban J connectivity index is 2.22. The summed E-state index contributed by atoms with van der Waals surface area (Å²) in [7, 11) is 1.49. The standard InChI is InChI=1S/C20H18FNO4/c1-3-15(23)17-18(14-6-4-5-7-16(14)26-2)22(20(25)19(17)24)13-10-8-12(21)9-11-13/h4-11,18,24H,3H2,1-2H3. The second kappa shape index (κ2) is 7.00. The van der Waals surface area contributed by atoms with Crippen molar-refractivity contribution >= 4 is 17.4 Å². The van der Waals surface area contributed by atoms with Gasteiger partial charge in [0.15, 0.2) is 11.5 Å². The van der Waals surface area contributed by atoms with Gasteiger partial charge in [0.1, 0.15) is 11.6 Å². The number of hydrogen-bond acceptors (Lipinski definition) is 4. The number of ketones is 1. The minimum absolute atomic E-state index is 0.0197. The number of ether oxygens (including phenoxy) is 1. The van der Waals surface area contributed by atoms with Crippen LogP contribution in [-0.2, 0) is 9.59 Å². The van der Waals surface area contributed by atoms with Gasteiger partial charge >= 0.3 is 0 Å². The van der Waals surface area contributed by atoms with Gasteiger partial charge in [0, 0.05) is 17.7 Å². The van der Waals surface area contributed by atoms with E-state index in [1.807, 2.05) is 0 Å². The van der Waals surface area contributed by atoms with Gasteiger partial charge < -0.3 is 9.84 Å². The predicted molar refractivity (Wildman–Crippen MR) is 94.6 cm³/mol. The normalized spacial score (nSPS) is 17.0. The van der Waals surface area contributed by atoms with Gasteiger partial charge in [-0.3, -0.25) is 14.5 Å². The highest BCUT2D eigenvalue weighted by atomic mass is 19.1. The van der Waals surface area contributed by atoms with Crippen LogP contribution in [0.4, 0.5) is 10.1 Å². The van der Waals surface area contributed by atoms with E-state index in [2.05, 4.69) is 0 Å². The van der Waals surface area contributed by atoms with Crippen LogP contribution < -0.4 is 9.64 Å². The molecule has 26 heavy (non-hydrogen) atoms. The Bertz CT molecular complexity index is 889.